The molecule has 1 atom stereocenters. The zero-order valence-electron chi connectivity index (χ0n) is 12.3. The van der Waals surface area contributed by atoms with Crippen LogP contribution in [0.15, 0.2) is 6.07 Å². The fraction of sp³-hybridized carbons (Fsp3) is 0.800. The Morgan fingerprint density at radius 2 is 1.78 bits per heavy atom. The lowest BCUT2D eigenvalue weighted by Gasteiger charge is -2.11. The summed E-state index contributed by atoms with van der Waals surface area (Å²) in [5.74, 6) is 0. The van der Waals surface area contributed by atoms with Crippen molar-refractivity contribution >= 4 is 0 Å². The van der Waals surface area contributed by atoms with E-state index >= 15 is 0 Å². The Morgan fingerprint density at radius 3 is 2.33 bits per heavy atom. The average Bonchev–Trinajstić information content (AvgIpc) is 2.67. The fourth-order valence-corrected chi connectivity index (χ4v) is 2.45. The predicted molar refractivity (Wildman–Crippen MR) is 77.5 cm³/mol. The molecule has 1 rings (SSSR count). The second-order valence-corrected chi connectivity index (χ2v) is 5.35. The minimum atomic E-state index is 0.145. The number of hydrogen-bond acceptors (Lipinski definition) is 2. The van der Waals surface area contributed by atoms with Crippen molar-refractivity contribution in [2.24, 2.45) is 12.8 Å². The lowest BCUT2D eigenvalue weighted by atomic mass is 10.0. The third kappa shape index (κ3) is 5.21. The van der Waals surface area contributed by atoms with Gasteiger partial charge in [0, 0.05) is 13.1 Å². The Kier molecular flexibility index (Phi) is 7.02. The summed E-state index contributed by atoms with van der Waals surface area (Å²) in [5.41, 5.74) is 8.43. The molecule has 0 radical (unpaired) electrons. The molecule has 3 heteroatoms. The van der Waals surface area contributed by atoms with Gasteiger partial charge in [0.1, 0.15) is 0 Å². The van der Waals surface area contributed by atoms with E-state index in [1.165, 1.54) is 50.6 Å². The van der Waals surface area contributed by atoms with Gasteiger partial charge in [-0.25, -0.2) is 0 Å². The third-order valence-electron chi connectivity index (χ3n) is 3.54. The summed E-state index contributed by atoms with van der Waals surface area (Å²) in [7, 11) is 1.98. The summed E-state index contributed by atoms with van der Waals surface area (Å²) in [6.45, 7) is 4.28. The molecule has 2 N–H and O–H groups in total. The van der Waals surface area contributed by atoms with Gasteiger partial charge in [0.25, 0.3) is 0 Å². The maximum atomic E-state index is 6.21. The van der Waals surface area contributed by atoms with Gasteiger partial charge >= 0.3 is 0 Å². The predicted octanol–water partition coefficient (Wildman–Crippen LogP) is 3.87. The van der Waals surface area contributed by atoms with Gasteiger partial charge in [0.05, 0.1) is 11.4 Å². The Labute approximate surface area is 112 Å². The van der Waals surface area contributed by atoms with Crippen molar-refractivity contribution in [2.45, 2.75) is 71.3 Å². The summed E-state index contributed by atoms with van der Waals surface area (Å²) in [6.07, 6.45) is 10.5. The first kappa shape index (κ1) is 15.2. The molecule has 1 aromatic heterocycles. The fourth-order valence-electron chi connectivity index (χ4n) is 2.45. The summed E-state index contributed by atoms with van der Waals surface area (Å²) in [6, 6.07) is 2.25. The highest BCUT2D eigenvalue weighted by atomic mass is 15.3. The SMILES string of the molecule is CCCCCCCCCC(N)c1cc(C)nn1C. The molecule has 18 heavy (non-hydrogen) atoms. The number of nitrogens with two attached hydrogens (primary N) is 1. The van der Waals surface area contributed by atoms with E-state index in [0.29, 0.717) is 0 Å². The second kappa shape index (κ2) is 8.30. The van der Waals surface area contributed by atoms with Gasteiger partial charge < -0.3 is 5.73 Å². The molecular formula is C15H29N3. The van der Waals surface area contributed by atoms with Crippen LogP contribution in [0.3, 0.4) is 0 Å². The monoisotopic (exact) mass is 251 g/mol. The number of aromatic nitrogens is 2. The van der Waals surface area contributed by atoms with E-state index in [1.54, 1.807) is 0 Å². The van der Waals surface area contributed by atoms with Crippen molar-refractivity contribution in [3.63, 3.8) is 0 Å². The van der Waals surface area contributed by atoms with Crippen LogP contribution < -0.4 is 5.73 Å². The second-order valence-electron chi connectivity index (χ2n) is 5.35. The molecule has 104 valence electrons. The number of nitrogens with zero attached hydrogens (tertiary/aromatic N) is 2. The molecule has 0 fully saturated rings. The van der Waals surface area contributed by atoms with Crippen molar-refractivity contribution in [3.8, 4) is 0 Å². The van der Waals surface area contributed by atoms with Gasteiger partial charge in [-0.05, 0) is 19.4 Å². The van der Waals surface area contributed by atoms with Gasteiger partial charge in [-0.2, -0.15) is 5.10 Å². The van der Waals surface area contributed by atoms with Crippen molar-refractivity contribution < 1.29 is 0 Å². The van der Waals surface area contributed by atoms with Crippen LogP contribution >= 0.6 is 0 Å². The molecule has 1 heterocycles. The molecule has 0 amide bonds. The smallest absolute Gasteiger partial charge is 0.0597 e. The minimum absolute atomic E-state index is 0.145. The van der Waals surface area contributed by atoms with E-state index in [9.17, 15) is 0 Å². The van der Waals surface area contributed by atoms with Gasteiger partial charge in [-0.1, -0.05) is 51.9 Å². The number of unbranched alkanes of at least 4 members (excludes halogenated alkanes) is 6. The van der Waals surface area contributed by atoms with Crippen molar-refractivity contribution in [1.29, 1.82) is 0 Å². The van der Waals surface area contributed by atoms with Gasteiger partial charge in [-0.15, -0.1) is 0 Å². The molecule has 0 bridgehead atoms. The number of rotatable bonds is 9. The van der Waals surface area contributed by atoms with Crippen LogP contribution in [0.4, 0.5) is 0 Å². The van der Waals surface area contributed by atoms with Crippen LogP contribution in [0.1, 0.15) is 75.7 Å². The Bertz CT molecular complexity index is 330. The van der Waals surface area contributed by atoms with E-state index in [4.69, 9.17) is 5.73 Å². The van der Waals surface area contributed by atoms with Crippen molar-refractivity contribution in [2.75, 3.05) is 0 Å². The first-order chi connectivity index (χ1) is 8.65. The summed E-state index contributed by atoms with van der Waals surface area (Å²) in [4.78, 5) is 0. The maximum Gasteiger partial charge on any atom is 0.0597 e. The number of hydrogen-bond donors (Lipinski definition) is 1. The van der Waals surface area contributed by atoms with Crippen molar-refractivity contribution in [1.82, 2.24) is 9.78 Å². The van der Waals surface area contributed by atoms with Crippen LogP contribution in [0.2, 0.25) is 0 Å². The van der Waals surface area contributed by atoms with Gasteiger partial charge in [0.15, 0.2) is 0 Å². The molecule has 3 nitrogen and oxygen atoms in total. The summed E-state index contributed by atoms with van der Waals surface area (Å²) in [5, 5.41) is 4.35. The highest BCUT2D eigenvalue weighted by Gasteiger charge is 2.10. The molecule has 0 spiro atoms. The molecule has 0 saturated heterocycles. The normalized spacial score (nSPS) is 12.9. The van der Waals surface area contributed by atoms with Gasteiger partial charge in [-0.3, -0.25) is 4.68 Å². The Balaban J connectivity index is 2.14. The molecule has 0 saturated carbocycles. The number of aryl methyl sites for hydroxylation is 2. The Morgan fingerprint density at radius 1 is 1.17 bits per heavy atom. The lowest BCUT2D eigenvalue weighted by Crippen LogP contribution is -2.14. The lowest BCUT2D eigenvalue weighted by molar-refractivity contribution is 0.520. The summed E-state index contributed by atoms with van der Waals surface area (Å²) >= 11 is 0. The van der Waals surface area contributed by atoms with Crippen LogP contribution in [0.25, 0.3) is 0 Å². The first-order valence-corrected chi connectivity index (χ1v) is 7.41. The first-order valence-electron chi connectivity index (χ1n) is 7.41. The van der Waals surface area contributed by atoms with Crippen molar-refractivity contribution in [3.05, 3.63) is 17.5 Å². The molecule has 0 aliphatic carbocycles. The Hall–Kier alpha value is -0.830. The third-order valence-corrected chi connectivity index (χ3v) is 3.54. The molecule has 1 aromatic rings. The van der Waals surface area contributed by atoms with Crippen LogP contribution in [-0.4, -0.2) is 9.78 Å². The quantitative estimate of drug-likeness (QED) is 0.677. The molecule has 1 unspecified atom stereocenters. The maximum absolute atomic E-state index is 6.21. The average molecular weight is 251 g/mol. The molecular weight excluding hydrogens is 222 g/mol. The largest absolute Gasteiger partial charge is 0.323 e. The minimum Gasteiger partial charge on any atom is -0.323 e. The summed E-state index contributed by atoms with van der Waals surface area (Å²) < 4.78 is 1.92. The zero-order valence-corrected chi connectivity index (χ0v) is 12.3. The molecule has 0 aromatic carbocycles. The highest BCUT2D eigenvalue weighted by Crippen LogP contribution is 2.18. The topological polar surface area (TPSA) is 43.8 Å². The standard InChI is InChI=1S/C15H29N3/c1-4-5-6-7-8-9-10-11-14(16)15-12-13(2)17-18(15)3/h12,14H,4-11,16H2,1-3H3. The molecule has 0 aliphatic rings. The van der Waals surface area contributed by atoms with E-state index in [1.807, 2.05) is 18.7 Å². The highest BCUT2D eigenvalue weighted by molar-refractivity contribution is 5.12. The molecule has 0 aliphatic heterocycles. The zero-order chi connectivity index (χ0) is 13.4. The van der Waals surface area contributed by atoms with E-state index in [-0.39, 0.29) is 6.04 Å². The van der Waals surface area contributed by atoms with Crippen LogP contribution in [0, 0.1) is 6.92 Å². The van der Waals surface area contributed by atoms with Crippen LogP contribution in [0.5, 0.6) is 0 Å². The van der Waals surface area contributed by atoms with Gasteiger partial charge in [0.2, 0.25) is 0 Å². The van der Waals surface area contributed by atoms with E-state index in [0.717, 1.165) is 12.1 Å². The van der Waals surface area contributed by atoms with E-state index in [2.05, 4.69) is 18.1 Å². The van der Waals surface area contributed by atoms with Crippen LogP contribution in [-0.2, 0) is 7.05 Å². The van der Waals surface area contributed by atoms with E-state index < -0.39 is 0 Å².